The van der Waals surface area contributed by atoms with Crippen LogP contribution in [0.2, 0.25) is 0 Å². The molecular weight excluding hydrogens is 593 g/mol. The Morgan fingerprint density at radius 1 is 0.957 bits per heavy atom. The van der Waals surface area contributed by atoms with Gasteiger partial charge >= 0.3 is 0 Å². The second-order valence-electron chi connectivity index (χ2n) is 11.5. The fourth-order valence-corrected chi connectivity index (χ4v) is 7.64. The molecule has 1 amide bonds. The Morgan fingerprint density at radius 2 is 1.72 bits per heavy atom. The number of rotatable bonds is 6. The Balaban J connectivity index is 1.25. The zero-order chi connectivity index (χ0) is 31.2. The van der Waals surface area contributed by atoms with Crippen molar-refractivity contribution in [1.29, 1.82) is 0 Å². The van der Waals surface area contributed by atoms with Gasteiger partial charge in [0.15, 0.2) is 4.80 Å². The SMILES string of the molecule is COc1ccc([C@H]2C3=C(N=c4s/c(=C/c5cn(CC(=O)Nc6ccccc6)c6ccccc56)c(=O)n42)c2ccccc2CC3)cc1. The van der Waals surface area contributed by atoms with E-state index in [1.54, 1.807) is 7.11 Å². The molecule has 6 aromatic rings. The lowest BCUT2D eigenvalue weighted by Gasteiger charge is -2.30. The number of methoxy groups -OCH3 is 1. The van der Waals surface area contributed by atoms with E-state index < -0.39 is 0 Å². The van der Waals surface area contributed by atoms with Crippen molar-refractivity contribution >= 4 is 45.6 Å². The number of benzene rings is 4. The minimum absolute atomic E-state index is 0.0753. The number of nitrogens with one attached hydrogen (secondary N) is 1. The van der Waals surface area contributed by atoms with Gasteiger partial charge in [-0.3, -0.25) is 14.2 Å². The molecule has 226 valence electrons. The molecule has 0 saturated heterocycles. The van der Waals surface area contributed by atoms with Gasteiger partial charge in [-0.2, -0.15) is 0 Å². The number of carbonyl (C=O) groups excluding carboxylic acids is 1. The van der Waals surface area contributed by atoms with Crippen LogP contribution < -0.4 is 24.9 Å². The molecule has 0 spiro atoms. The maximum absolute atomic E-state index is 14.3. The van der Waals surface area contributed by atoms with Crippen molar-refractivity contribution in [1.82, 2.24) is 9.13 Å². The smallest absolute Gasteiger partial charge is 0.271 e. The van der Waals surface area contributed by atoms with Crippen LogP contribution in [0.15, 0.2) is 125 Å². The maximum atomic E-state index is 14.3. The van der Waals surface area contributed by atoms with Crippen LogP contribution in [0.3, 0.4) is 0 Å². The first kappa shape index (κ1) is 28.0. The average Bonchev–Trinajstić information content (AvgIpc) is 3.60. The average molecular weight is 623 g/mol. The molecule has 7 nitrogen and oxygen atoms in total. The molecule has 0 radical (unpaired) electrons. The monoisotopic (exact) mass is 622 g/mol. The number of aryl methyl sites for hydroxylation is 1. The normalized spacial score (nSPS) is 15.6. The number of nitrogens with zero attached hydrogens (tertiary/aromatic N) is 3. The lowest BCUT2D eigenvalue weighted by Crippen LogP contribution is -2.38. The lowest BCUT2D eigenvalue weighted by molar-refractivity contribution is -0.116. The van der Waals surface area contributed by atoms with Crippen LogP contribution >= 0.6 is 11.3 Å². The van der Waals surface area contributed by atoms with E-state index in [9.17, 15) is 9.59 Å². The third-order valence-electron chi connectivity index (χ3n) is 8.78. The third-order valence-corrected chi connectivity index (χ3v) is 9.76. The third kappa shape index (κ3) is 4.87. The second kappa shape index (κ2) is 11.5. The molecular formula is C38H30N4O3S. The fraction of sp³-hybridized carbons (Fsp3) is 0.132. The Bertz CT molecular complexity index is 2350. The second-order valence-corrected chi connectivity index (χ2v) is 12.5. The van der Waals surface area contributed by atoms with Gasteiger partial charge in [-0.1, -0.05) is 84.1 Å². The summed E-state index contributed by atoms with van der Waals surface area (Å²) in [6.45, 7) is 0.147. The molecule has 3 heterocycles. The van der Waals surface area contributed by atoms with Crippen molar-refractivity contribution in [3.63, 3.8) is 0 Å². The molecule has 0 saturated carbocycles. The summed E-state index contributed by atoms with van der Waals surface area (Å²) in [5, 5.41) is 3.94. The van der Waals surface area contributed by atoms with Crippen LogP contribution in [0, 0.1) is 0 Å². The Morgan fingerprint density at radius 3 is 2.54 bits per heavy atom. The number of ether oxygens (including phenoxy) is 1. The van der Waals surface area contributed by atoms with Crippen molar-refractivity contribution in [3.8, 4) is 5.75 Å². The first-order valence-electron chi connectivity index (χ1n) is 15.3. The van der Waals surface area contributed by atoms with E-state index >= 15 is 0 Å². The van der Waals surface area contributed by atoms with Gasteiger partial charge in [0.1, 0.15) is 12.3 Å². The van der Waals surface area contributed by atoms with Crippen molar-refractivity contribution in [2.24, 2.45) is 4.99 Å². The zero-order valence-corrected chi connectivity index (χ0v) is 26.0. The number of hydrogen-bond donors (Lipinski definition) is 1. The number of hydrogen-bond acceptors (Lipinski definition) is 5. The summed E-state index contributed by atoms with van der Waals surface area (Å²) < 4.78 is 9.83. The molecule has 4 aromatic carbocycles. The van der Waals surface area contributed by atoms with Crippen LogP contribution in [-0.4, -0.2) is 22.2 Å². The van der Waals surface area contributed by atoms with Crippen LogP contribution in [0.1, 0.15) is 34.7 Å². The van der Waals surface area contributed by atoms with Crippen molar-refractivity contribution < 1.29 is 9.53 Å². The van der Waals surface area contributed by atoms with Gasteiger partial charge in [0.25, 0.3) is 5.56 Å². The number of para-hydroxylation sites is 2. The Hall–Kier alpha value is -5.47. The summed E-state index contributed by atoms with van der Waals surface area (Å²) in [5.74, 6) is 0.649. The van der Waals surface area contributed by atoms with E-state index in [-0.39, 0.29) is 24.1 Å². The van der Waals surface area contributed by atoms with Crippen molar-refractivity contribution in [2.45, 2.75) is 25.4 Å². The Kier molecular flexibility index (Phi) is 6.99. The molecule has 8 rings (SSSR count). The molecule has 1 N–H and O–H groups in total. The summed E-state index contributed by atoms with van der Waals surface area (Å²) in [4.78, 5) is 33.1. The molecule has 0 bridgehead atoms. The van der Waals surface area contributed by atoms with Gasteiger partial charge in [0, 0.05) is 33.9 Å². The number of aromatic nitrogens is 2. The van der Waals surface area contributed by atoms with Crippen molar-refractivity contribution in [2.75, 3.05) is 12.4 Å². The van der Waals surface area contributed by atoms with Gasteiger partial charge in [0.05, 0.1) is 23.4 Å². The van der Waals surface area contributed by atoms with E-state index in [1.807, 2.05) is 100 Å². The molecule has 46 heavy (non-hydrogen) atoms. The molecule has 8 heteroatoms. The highest BCUT2D eigenvalue weighted by Gasteiger charge is 2.32. The van der Waals surface area contributed by atoms with Crippen LogP contribution in [0.5, 0.6) is 5.75 Å². The topological polar surface area (TPSA) is 77.6 Å². The van der Waals surface area contributed by atoms with Gasteiger partial charge in [-0.25, -0.2) is 4.99 Å². The summed E-state index contributed by atoms with van der Waals surface area (Å²) in [6, 6.07) is 33.6. The number of thiazole rings is 1. The van der Waals surface area contributed by atoms with E-state index in [2.05, 4.69) is 29.6 Å². The predicted molar refractivity (Wildman–Crippen MR) is 183 cm³/mol. The summed E-state index contributed by atoms with van der Waals surface area (Å²) in [5.41, 5.74) is 8.04. The highest BCUT2D eigenvalue weighted by molar-refractivity contribution is 7.07. The highest BCUT2D eigenvalue weighted by atomic mass is 32.1. The molecule has 2 aromatic heterocycles. The number of amides is 1. The van der Waals surface area contributed by atoms with Gasteiger partial charge < -0.3 is 14.6 Å². The summed E-state index contributed by atoms with van der Waals surface area (Å²) >= 11 is 1.41. The lowest BCUT2D eigenvalue weighted by atomic mass is 9.83. The van der Waals surface area contributed by atoms with E-state index in [0.717, 1.165) is 63.1 Å². The van der Waals surface area contributed by atoms with Crippen LogP contribution in [0.4, 0.5) is 5.69 Å². The summed E-state index contributed by atoms with van der Waals surface area (Å²) in [6.07, 6.45) is 5.63. The number of anilines is 1. The van der Waals surface area contributed by atoms with Gasteiger partial charge in [-0.15, -0.1) is 0 Å². The van der Waals surface area contributed by atoms with Gasteiger partial charge in [-0.05, 0) is 65.9 Å². The Labute approximate surface area is 269 Å². The largest absolute Gasteiger partial charge is 0.497 e. The molecule has 1 atom stereocenters. The number of allylic oxidation sites excluding steroid dienone is 1. The van der Waals surface area contributed by atoms with Crippen molar-refractivity contribution in [3.05, 3.63) is 157 Å². The summed E-state index contributed by atoms with van der Waals surface area (Å²) in [7, 11) is 1.66. The quantitative estimate of drug-likeness (QED) is 0.251. The minimum atomic E-state index is -0.268. The molecule has 1 aliphatic heterocycles. The molecule has 1 aliphatic carbocycles. The number of carbonyl (C=O) groups is 1. The van der Waals surface area contributed by atoms with E-state index in [4.69, 9.17) is 9.73 Å². The highest BCUT2D eigenvalue weighted by Crippen LogP contribution is 2.41. The van der Waals surface area contributed by atoms with E-state index in [0.29, 0.717) is 9.33 Å². The fourth-order valence-electron chi connectivity index (χ4n) is 6.65. The molecule has 0 unspecified atom stereocenters. The predicted octanol–water partition coefficient (Wildman–Crippen LogP) is 5.92. The first-order chi connectivity index (χ1) is 22.6. The molecule has 2 aliphatic rings. The minimum Gasteiger partial charge on any atom is -0.497 e. The van der Waals surface area contributed by atoms with E-state index in [1.165, 1.54) is 16.9 Å². The first-order valence-corrected chi connectivity index (χ1v) is 16.1. The zero-order valence-electron chi connectivity index (χ0n) is 25.1. The number of fused-ring (bicyclic) bond motifs is 4. The van der Waals surface area contributed by atoms with Gasteiger partial charge in [0.2, 0.25) is 5.91 Å². The molecule has 0 fully saturated rings. The van der Waals surface area contributed by atoms with Crippen LogP contribution in [0.25, 0.3) is 22.7 Å². The van der Waals surface area contributed by atoms with Crippen LogP contribution in [-0.2, 0) is 17.8 Å². The standard InChI is InChI=1S/C38H30N4O3S/c1-45-28-18-15-25(16-19-28)36-31-20-17-24-9-5-6-13-30(24)35(31)40-38-42(36)37(44)33(46-38)21-26-22-41(32-14-8-7-12-29(26)32)23-34(43)39-27-10-3-2-4-11-27/h2-16,18-19,21-22,36H,17,20,23H2,1H3,(H,39,43)/b33-21+/t36-/m0/s1. The maximum Gasteiger partial charge on any atom is 0.271 e.